The predicted molar refractivity (Wildman–Crippen MR) is 80.7 cm³/mol. The van der Waals surface area contributed by atoms with Crippen molar-refractivity contribution in [2.75, 3.05) is 11.9 Å². The Labute approximate surface area is 119 Å². The lowest BCUT2D eigenvalue weighted by molar-refractivity contribution is -0.115. The minimum Gasteiger partial charge on any atom is -0.396 e. The van der Waals surface area contributed by atoms with Gasteiger partial charge in [0, 0.05) is 12.3 Å². The summed E-state index contributed by atoms with van der Waals surface area (Å²) in [5.74, 6) is -0.0193. The number of aliphatic hydroxyl groups excluding tert-OH is 1. The van der Waals surface area contributed by atoms with Gasteiger partial charge in [0.2, 0.25) is 5.91 Å². The van der Waals surface area contributed by atoms with E-state index in [0.29, 0.717) is 12.8 Å². The van der Waals surface area contributed by atoms with E-state index < -0.39 is 0 Å². The van der Waals surface area contributed by atoms with E-state index in [9.17, 15) is 4.79 Å². The fourth-order valence-electron chi connectivity index (χ4n) is 2.07. The first kappa shape index (κ1) is 14.3. The van der Waals surface area contributed by atoms with Crippen LogP contribution in [0.3, 0.4) is 0 Å². The van der Waals surface area contributed by atoms with Crippen LogP contribution in [0.2, 0.25) is 0 Å². The van der Waals surface area contributed by atoms with Gasteiger partial charge in [0.15, 0.2) is 0 Å². The summed E-state index contributed by atoms with van der Waals surface area (Å²) in [7, 11) is 0. The van der Waals surface area contributed by atoms with Gasteiger partial charge in [-0.25, -0.2) is 0 Å². The number of benzene rings is 2. The minimum absolute atomic E-state index is 0.0193. The van der Waals surface area contributed by atoms with Gasteiger partial charge in [-0.2, -0.15) is 0 Å². The number of amides is 1. The van der Waals surface area contributed by atoms with Crippen molar-refractivity contribution >= 4 is 11.6 Å². The van der Waals surface area contributed by atoms with E-state index in [1.807, 2.05) is 55.5 Å². The van der Waals surface area contributed by atoms with Crippen LogP contribution in [-0.2, 0) is 17.6 Å². The van der Waals surface area contributed by atoms with Gasteiger partial charge in [-0.1, -0.05) is 36.4 Å². The molecular formula is C17H19NO2. The van der Waals surface area contributed by atoms with Gasteiger partial charge >= 0.3 is 0 Å². The van der Waals surface area contributed by atoms with Crippen LogP contribution in [-0.4, -0.2) is 17.6 Å². The Balaban J connectivity index is 1.96. The maximum absolute atomic E-state index is 12.0. The summed E-state index contributed by atoms with van der Waals surface area (Å²) in [6.45, 7) is 2.14. The molecule has 0 spiro atoms. The zero-order valence-electron chi connectivity index (χ0n) is 11.6. The maximum Gasteiger partial charge on any atom is 0.228 e. The summed E-state index contributed by atoms with van der Waals surface area (Å²) in [4.78, 5) is 12.0. The van der Waals surface area contributed by atoms with Crippen molar-refractivity contribution in [3.05, 3.63) is 65.2 Å². The molecule has 0 aliphatic carbocycles. The molecule has 0 heterocycles. The first-order valence-electron chi connectivity index (χ1n) is 6.73. The maximum atomic E-state index is 12.0. The third-order valence-electron chi connectivity index (χ3n) is 3.25. The Kier molecular flexibility index (Phi) is 4.91. The molecule has 20 heavy (non-hydrogen) atoms. The molecule has 2 aromatic rings. The van der Waals surface area contributed by atoms with Gasteiger partial charge in [-0.3, -0.25) is 4.79 Å². The lowest BCUT2D eigenvalue weighted by Crippen LogP contribution is -2.15. The van der Waals surface area contributed by atoms with Gasteiger partial charge in [0.25, 0.3) is 0 Å². The number of aryl methyl sites for hydroxylation is 1. The summed E-state index contributed by atoms with van der Waals surface area (Å²) in [5.41, 5.74) is 4.01. The minimum atomic E-state index is -0.0193. The van der Waals surface area contributed by atoms with Crippen LogP contribution in [0.15, 0.2) is 48.5 Å². The van der Waals surface area contributed by atoms with Crippen molar-refractivity contribution in [3.8, 4) is 0 Å². The first-order chi connectivity index (χ1) is 9.69. The number of carbonyl (C=O) groups is 1. The molecule has 0 saturated heterocycles. The van der Waals surface area contributed by atoms with Crippen LogP contribution >= 0.6 is 0 Å². The molecule has 0 aromatic heterocycles. The monoisotopic (exact) mass is 269 g/mol. The number of anilines is 1. The number of hydrogen-bond donors (Lipinski definition) is 2. The molecule has 3 nitrogen and oxygen atoms in total. The molecule has 2 N–H and O–H groups in total. The van der Waals surface area contributed by atoms with E-state index in [1.165, 1.54) is 0 Å². The van der Waals surface area contributed by atoms with Crippen LogP contribution in [0, 0.1) is 6.92 Å². The number of nitrogens with one attached hydrogen (secondary N) is 1. The van der Waals surface area contributed by atoms with Crippen LogP contribution in [0.4, 0.5) is 5.69 Å². The number of aliphatic hydroxyl groups is 1. The van der Waals surface area contributed by atoms with Crippen molar-refractivity contribution in [1.82, 2.24) is 0 Å². The summed E-state index contributed by atoms with van der Waals surface area (Å²) >= 11 is 0. The largest absolute Gasteiger partial charge is 0.396 e. The highest BCUT2D eigenvalue weighted by molar-refractivity contribution is 5.92. The number of carbonyl (C=O) groups excluding carboxylic acids is 1. The molecule has 0 aliphatic rings. The van der Waals surface area contributed by atoms with E-state index in [0.717, 1.165) is 22.4 Å². The van der Waals surface area contributed by atoms with Gasteiger partial charge in [0.05, 0.1) is 6.42 Å². The standard InChI is InChI=1S/C17H19NO2/c1-13-4-2-3-5-15(13)12-17(20)18-16-8-6-14(7-9-16)10-11-19/h2-9,19H,10-12H2,1H3,(H,18,20). The highest BCUT2D eigenvalue weighted by Gasteiger charge is 2.06. The average Bonchev–Trinajstić information content (AvgIpc) is 2.44. The number of hydrogen-bond acceptors (Lipinski definition) is 2. The molecule has 0 fully saturated rings. The summed E-state index contributed by atoms with van der Waals surface area (Å²) in [6.07, 6.45) is 1.02. The summed E-state index contributed by atoms with van der Waals surface area (Å²) in [6, 6.07) is 15.4. The molecule has 2 aromatic carbocycles. The Hall–Kier alpha value is -2.13. The third kappa shape index (κ3) is 3.93. The molecule has 0 bridgehead atoms. The van der Waals surface area contributed by atoms with Crippen LogP contribution < -0.4 is 5.32 Å². The second kappa shape index (κ2) is 6.87. The summed E-state index contributed by atoms with van der Waals surface area (Å²) < 4.78 is 0. The second-order valence-electron chi connectivity index (χ2n) is 4.82. The zero-order chi connectivity index (χ0) is 14.4. The molecule has 0 radical (unpaired) electrons. The smallest absolute Gasteiger partial charge is 0.228 e. The van der Waals surface area contributed by atoms with Gasteiger partial charge < -0.3 is 10.4 Å². The van der Waals surface area contributed by atoms with E-state index in [4.69, 9.17) is 5.11 Å². The van der Waals surface area contributed by atoms with Crippen molar-refractivity contribution in [2.45, 2.75) is 19.8 Å². The van der Waals surface area contributed by atoms with E-state index in [1.54, 1.807) is 0 Å². The van der Waals surface area contributed by atoms with Crippen molar-refractivity contribution in [2.24, 2.45) is 0 Å². The van der Waals surface area contributed by atoms with Gasteiger partial charge in [-0.15, -0.1) is 0 Å². The van der Waals surface area contributed by atoms with E-state index in [2.05, 4.69) is 5.32 Å². The molecule has 104 valence electrons. The second-order valence-corrected chi connectivity index (χ2v) is 4.82. The lowest BCUT2D eigenvalue weighted by atomic mass is 10.1. The highest BCUT2D eigenvalue weighted by Crippen LogP contribution is 2.12. The molecular weight excluding hydrogens is 250 g/mol. The van der Waals surface area contributed by atoms with E-state index in [-0.39, 0.29) is 12.5 Å². The summed E-state index contributed by atoms with van der Waals surface area (Å²) in [5, 5.41) is 11.7. The van der Waals surface area contributed by atoms with Crippen LogP contribution in [0.25, 0.3) is 0 Å². The molecule has 1 amide bonds. The van der Waals surface area contributed by atoms with Gasteiger partial charge in [-0.05, 0) is 42.2 Å². The Bertz CT molecular complexity index is 576. The van der Waals surface area contributed by atoms with Crippen molar-refractivity contribution in [1.29, 1.82) is 0 Å². The molecule has 0 aliphatic heterocycles. The van der Waals surface area contributed by atoms with Gasteiger partial charge in [0.1, 0.15) is 0 Å². The molecule has 0 atom stereocenters. The molecule has 0 unspecified atom stereocenters. The van der Waals surface area contributed by atoms with Crippen LogP contribution in [0.1, 0.15) is 16.7 Å². The predicted octanol–water partition coefficient (Wildman–Crippen LogP) is 2.71. The molecule has 0 saturated carbocycles. The lowest BCUT2D eigenvalue weighted by Gasteiger charge is -2.08. The van der Waals surface area contributed by atoms with Crippen molar-refractivity contribution in [3.63, 3.8) is 0 Å². The topological polar surface area (TPSA) is 49.3 Å². The first-order valence-corrected chi connectivity index (χ1v) is 6.73. The molecule has 3 heteroatoms. The normalized spacial score (nSPS) is 10.3. The Morgan fingerprint density at radius 2 is 1.80 bits per heavy atom. The third-order valence-corrected chi connectivity index (χ3v) is 3.25. The highest BCUT2D eigenvalue weighted by atomic mass is 16.2. The zero-order valence-corrected chi connectivity index (χ0v) is 11.6. The fourth-order valence-corrected chi connectivity index (χ4v) is 2.07. The average molecular weight is 269 g/mol. The Morgan fingerprint density at radius 3 is 2.45 bits per heavy atom. The van der Waals surface area contributed by atoms with Crippen LogP contribution in [0.5, 0.6) is 0 Å². The fraction of sp³-hybridized carbons (Fsp3) is 0.235. The van der Waals surface area contributed by atoms with E-state index >= 15 is 0 Å². The van der Waals surface area contributed by atoms with Crippen molar-refractivity contribution < 1.29 is 9.90 Å². The SMILES string of the molecule is Cc1ccccc1CC(=O)Nc1ccc(CCO)cc1. The quantitative estimate of drug-likeness (QED) is 0.876. The number of rotatable bonds is 5. The Morgan fingerprint density at radius 1 is 1.10 bits per heavy atom. The molecule has 2 rings (SSSR count).